The summed E-state index contributed by atoms with van der Waals surface area (Å²) < 4.78 is 16.4. The van der Waals surface area contributed by atoms with Gasteiger partial charge in [-0.25, -0.2) is 14.8 Å². The summed E-state index contributed by atoms with van der Waals surface area (Å²) in [6.07, 6.45) is 2.15. The molecule has 0 aliphatic carbocycles. The predicted molar refractivity (Wildman–Crippen MR) is 121 cm³/mol. The monoisotopic (exact) mass is 460 g/mol. The first-order valence-corrected chi connectivity index (χ1v) is 11.5. The molecule has 0 spiro atoms. The van der Waals surface area contributed by atoms with E-state index in [1.807, 2.05) is 32.0 Å². The van der Waals surface area contributed by atoms with Crippen molar-refractivity contribution in [1.82, 2.24) is 15.3 Å². The Balaban J connectivity index is 1.63. The van der Waals surface area contributed by atoms with E-state index in [9.17, 15) is 9.59 Å². The highest BCUT2D eigenvalue weighted by Crippen LogP contribution is 2.34. The summed E-state index contributed by atoms with van der Waals surface area (Å²) in [7, 11) is 0. The molecule has 2 heterocycles. The zero-order valence-electron chi connectivity index (χ0n) is 18.4. The smallest absolute Gasteiger partial charge is 0.343 e. The van der Waals surface area contributed by atoms with Gasteiger partial charge in [-0.05, 0) is 30.5 Å². The molecule has 1 amide bonds. The maximum atomic E-state index is 12.6. The summed E-state index contributed by atoms with van der Waals surface area (Å²) >= 11 is 1.14. The Hall–Kier alpha value is -3.01. The number of nitrogens with one attached hydrogen (secondary N) is 1. The number of esters is 1. The molecule has 3 N–H and O–H groups in total. The Labute approximate surface area is 191 Å². The summed E-state index contributed by atoms with van der Waals surface area (Å²) in [5.74, 6) is 0.951. The van der Waals surface area contributed by atoms with Crippen LogP contribution in [-0.2, 0) is 9.53 Å². The molecule has 172 valence electrons. The number of anilines is 1. The van der Waals surface area contributed by atoms with Crippen LogP contribution < -0.4 is 20.5 Å². The first kappa shape index (κ1) is 23.6. The van der Waals surface area contributed by atoms with Gasteiger partial charge < -0.3 is 25.3 Å². The second kappa shape index (κ2) is 11.0. The molecule has 0 saturated heterocycles. The largest absolute Gasteiger partial charge is 0.490 e. The number of ether oxygens (including phenoxy) is 3. The second-order valence-electron chi connectivity index (χ2n) is 7.51. The molecule has 1 aromatic carbocycles. The van der Waals surface area contributed by atoms with E-state index in [4.69, 9.17) is 19.9 Å². The fourth-order valence-electron chi connectivity index (χ4n) is 3.17. The van der Waals surface area contributed by atoms with E-state index in [2.05, 4.69) is 15.3 Å². The van der Waals surface area contributed by atoms with Gasteiger partial charge >= 0.3 is 5.97 Å². The van der Waals surface area contributed by atoms with E-state index < -0.39 is 5.97 Å². The van der Waals surface area contributed by atoms with E-state index in [1.54, 1.807) is 6.92 Å². The Kier molecular flexibility index (Phi) is 8.15. The van der Waals surface area contributed by atoms with Crippen LogP contribution in [0.5, 0.6) is 11.5 Å². The lowest BCUT2D eigenvalue weighted by atomic mass is 9.95. The number of fused-ring (bicyclic) bond motifs is 1. The molecule has 1 atom stereocenters. The molecule has 3 rings (SSSR count). The van der Waals surface area contributed by atoms with Gasteiger partial charge in [-0.1, -0.05) is 31.7 Å². The van der Waals surface area contributed by atoms with E-state index in [0.29, 0.717) is 24.1 Å². The molecule has 0 radical (unpaired) electrons. The quantitative estimate of drug-likeness (QED) is 0.347. The number of benzene rings is 1. The van der Waals surface area contributed by atoms with Crippen LogP contribution in [0.25, 0.3) is 0 Å². The van der Waals surface area contributed by atoms with Gasteiger partial charge in [-0.2, -0.15) is 0 Å². The Bertz CT molecular complexity index is 969. The zero-order chi connectivity index (χ0) is 23.1. The van der Waals surface area contributed by atoms with Gasteiger partial charge in [0.2, 0.25) is 5.91 Å². The molecule has 1 aliphatic heterocycles. The van der Waals surface area contributed by atoms with Crippen LogP contribution in [0.2, 0.25) is 0 Å². The van der Waals surface area contributed by atoms with E-state index >= 15 is 0 Å². The van der Waals surface area contributed by atoms with Gasteiger partial charge in [0, 0.05) is 12.6 Å². The van der Waals surface area contributed by atoms with Crippen molar-refractivity contribution >= 4 is 29.5 Å². The maximum absolute atomic E-state index is 12.6. The highest BCUT2D eigenvalue weighted by atomic mass is 32.2. The molecule has 9 nitrogen and oxygen atoms in total. The summed E-state index contributed by atoms with van der Waals surface area (Å²) in [5.41, 5.74) is 6.89. The van der Waals surface area contributed by atoms with Gasteiger partial charge in [0.05, 0.1) is 31.6 Å². The molecule has 2 aromatic rings. The van der Waals surface area contributed by atoms with Crippen molar-refractivity contribution in [3.05, 3.63) is 35.5 Å². The van der Waals surface area contributed by atoms with Crippen molar-refractivity contribution in [2.75, 3.05) is 31.3 Å². The molecular weight excluding hydrogens is 432 g/mol. The number of nitrogen functional groups attached to an aromatic ring is 1. The third kappa shape index (κ3) is 6.03. The summed E-state index contributed by atoms with van der Waals surface area (Å²) in [6.45, 7) is 7.24. The van der Waals surface area contributed by atoms with Gasteiger partial charge in [0.1, 0.15) is 11.4 Å². The molecule has 0 saturated carbocycles. The van der Waals surface area contributed by atoms with Gasteiger partial charge in [-0.15, -0.1) is 0 Å². The number of thioether (sulfide) groups is 1. The summed E-state index contributed by atoms with van der Waals surface area (Å²) in [4.78, 5) is 32.6. The molecule has 0 fully saturated rings. The first-order chi connectivity index (χ1) is 15.4. The minimum Gasteiger partial charge on any atom is -0.490 e. The van der Waals surface area contributed by atoms with Crippen LogP contribution in [0, 0.1) is 5.92 Å². The molecule has 1 unspecified atom stereocenters. The van der Waals surface area contributed by atoms with Gasteiger partial charge in [0.15, 0.2) is 16.7 Å². The number of nitrogens with two attached hydrogens (primary N) is 1. The molecule has 10 heteroatoms. The van der Waals surface area contributed by atoms with Gasteiger partial charge in [-0.3, -0.25) is 4.79 Å². The highest BCUT2D eigenvalue weighted by molar-refractivity contribution is 7.99. The predicted octanol–water partition coefficient (Wildman–Crippen LogP) is 3.00. The highest BCUT2D eigenvalue weighted by Gasteiger charge is 2.22. The van der Waals surface area contributed by atoms with Crippen molar-refractivity contribution in [2.24, 2.45) is 5.92 Å². The number of hydrogen-bond donors (Lipinski definition) is 2. The van der Waals surface area contributed by atoms with Crippen LogP contribution in [0.3, 0.4) is 0 Å². The molecular formula is C22H28N4O5S. The van der Waals surface area contributed by atoms with E-state index in [0.717, 1.165) is 29.5 Å². The van der Waals surface area contributed by atoms with Crippen LogP contribution >= 0.6 is 11.8 Å². The van der Waals surface area contributed by atoms with Crippen molar-refractivity contribution in [1.29, 1.82) is 0 Å². The lowest BCUT2D eigenvalue weighted by Gasteiger charge is -2.23. The number of hydrogen-bond acceptors (Lipinski definition) is 9. The topological polar surface area (TPSA) is 126 Å². The molecule has 32 heavy (non-hydrogen) atoms. The van der Waals surface area contributed by atoms with Crippen molar-refractivity contribution in [3.63, 3.8) is 0 Å². The van der Waals surface area contributed by atoms with Crippen molar-refractivity contribution < 1.29 is 23.8 Å². The average molecular weight is 461 g/mol. The normalized spacial score (nSPS) is 13.9. The number of carbonyl (C=O) groups excluding carboxylic acids is 2. The van der Waals surface area contributed by atoms with Crippen molar-refractivity contribution in [2.45, 2.75) is 38.4 Å². The Morgan fingerprint density at radius 3 is 2.69 bits per heavy atom. The lowest BCUT2D eigenvalue weighted by Crippen LogP contribution is -2.33. The zero-order valence-corrected chi connectivity index (χ0v) is 19.2. The summed E-state index contributed by atoms with van der Waals surface area (Å²) in [6, 6.07) is 5.56. The second-order valence-corrected chi connectivity index (χ2v) is 8.45. The maximum Gasteiger partial charge on any atom is 0.343 e. The minimum atomic E-state index is -0.575. The third-order valence-electron chi connectivity index (χ3n) is 4.74. The van der Waals surface area contributed by atoms with Crippen LogP contribution in [0.15, 0.2) is 29.6 Å². The number of nitrogens with zero attached hydrogens (tertiary/aromatic N) is 2. The number of carbonyl (C=O) groups is 2. The molecule has 0 bridgehead atoms. The fourth-order valence-corrected chi connectivity index (χ4v) is 3.80. The van der Waals surface area contributed by atoms with Crippen molar-refractivity contribution in [3.8, 4) is 11.5 Å². The minimum absolute atomic E-state index is 0.0219. The van der Waals surface area contributed by atoms with Gasteiger partial charge in [0.25, 0.3) is 0 Å². The molecule has 1 aromatic heterocycles. The summed E-state index contributed by atoms with van der Waals surface area (Å²) in [5, 5.41) is 3.38. The number of amides is 1. The van der Waals surface area contributed by atoms with Crippen LogP contribution in [0.4, 0.5) is 5.82 Å². The number of aromatic nitrogens is 2. The lowest BCUT2D eigenvalue weighted by molar-refractivity contribution is -0.119. The SMILES string of the molecule is CCOC(=O)c1cnc(SCC(=O)NC(c2ccc3c(c2)OCCCO3)C(C)C)nc1N. The third-order valence-corrected chi connectivity index (χ3v) is 5.60. The molecule has 1 aliphatic rings. The fraction of sp³-hybridized carbons (Fsp3) is 0.455. The standard InChI is InChI=1S/C22H28N4O5S/c1-4-29-21(28)15-11-24-22(26-20(15)23)32-12-18(27)25-19(13(2)3)14-6-7-16-17(10-14)31-9-5-8-30-16/h6-7,10-11,13,19H,4-5,8-9,12H2,1-3H3,(H,25,27)(H2,23,24,26). The van der Waals surface area contributed by atoms with Crippen LogP contribution in [-0.4, -0.2) is 47.4 Å². The Morgan fingerprint density at radius 2 is 2.00 bits per heavy atom. The van der Waals surface area contributed by atoms with Crippen LogP contribution in [0.1, 0.15) is 49.2 Å². The Morgan fingerprint density at radius 1 is 1.25 bits per heavy atom. The number of rotatable bonds is 8. The first-order valence-electron chi connectivity index (χ1n) is 10.5. The van der Waals surface area contributed by atoms with E-state index in [1.165, 1.54) is 6.20 Å². The average Bonchev–Trinajstić information content (AvgIpc) is 3.01. The van der Waals surface area contributed by atoms with E-state index in [-0.39, 0.29) is 41.6 Å².